The molecular weight excluding hydrogens is 408 g/mol. The predicted octanol–water partition coefficient (Wildman–Crippen LogP) is 5.73. The van der Waals surface area contributed by atoms with E-state index in [2.05, 4.69) is 16.7 Å². The third-order valence-electron chi connectivity index (χ3n) is 4.20. The van der Waals surface area contributed by atoms with Crippen LogP contribution in [0.25, 0.3) is 0 Å². The Bertz CT molecular complexity index is 983. The number of amides is 2. The number of anilines is 2. The lowest BCUT2D eigenvalue weighted by molar-refractivity contribution is 0.102. The Morgan fingerprint density at radius 3 is 2.46 bits per heavy atom. The Balaban J connectivity index is 1.51. The maximum atomic E-state index is 12.9. The molecule has 0 saturated carbocycles. The van der Waals surface area contributed by atoms with Crippen molar-refractivity contribution >= 4 is 58.0 Å². The molecule has 2 amide bonds. The fraction of sp³-hybridized carbons (Fsp3) is 0.143. The van der Waals surface area contributed by atoms with Gasteiger partial charge in [0, 0.05) is 17.2 Å². The zero-order valence-corrected chi connectivity index (χ0v) is 17.3. The molecule has 3 aromatic rings. The lowest BCUT2D eigenvalue weighted by Gasteiger charge is -2.13. The van der Waals surface area contributed by atoms with E-state index in [0.29, 0.717) is 20.7 Å². The SMILES string of the molecule is O=C(Nc1ccccc1C(=O)Nc1cccc(C2SCCS2)c1)c1cccs1. The van der Waals surface area contributed by atoms with Gasteiger partial charge in [-0.25, -0.2) is 0 Å². The maximum absolute atomic E-state index is 12.9. The van der Waals surface area contributed by atoms with Crippen LogP contribution in [0, 0.1) is 0 Å². The average Bonchev–Trinajstić information content (AvgIpc) is 3.43. The highest BCUT2D eigenvalue weighted by Crippen LogP contribution is 2.45. The molecule has 0 bridgehead atoms. The molecule has 0 aliphatic carbocycles. The van der Waals surface area contributed by atoms with E-state index < -0.39 is 0 Å². The Hall–Kier alpha value is -2.22. The molecule has 1 saturated heterocycles. The molecule has 4 rings (SSSR count). The monoisotopic (exact) mass is 426 g/mol. The largest absolute Gasteiger partial charge is 0.322 e. The fourth-order valence-corrected chi connectivity index (χ4v) is 6.35. The molecule has 2 N–H and O–H groups in total. The molecule has 1 aromatic heterocycles. The highest BCUT2D eigenvalue weighted by molar-refractivity contribution is 8.19. The Labute approximate surface area is 176 Å². The van der Waals surface area contributed by atoms with Crippen LogP contribution in [0.4, 0.5) is 11.4 Å². The van der Waals surface area contributed by atoms with E-state index in [1.165, 1.54) is 16.9 Å². The second-order valence-corrected chi connectivity index (χ2v) is 9.80. The van der Waals surface area contributed by atoms with Crippen LogP contribution in [0.3, 0.4) is 0 Å². The van der Waals surface area contributed by atoms with Crippen LogP contribution >= 0.6 is 34.9 Å². The lowest BCUT2D eigenvalue weighted by Crippen LogP contribution is -2.17. The fourth-order valence-electron chi connectivity index (χ4n) is 2.89. The van der Waals surface area contributed by atoms with E-state index in [0.717, 1.165) is 17.2 Å². The normalized spacial score (nSPS) is 14.0. The molecule has 7 heteroatoms. The van der Waals surface area contributed by atoms with Crippen LogP contribution in [-0.4, -0.2) is 23.3 Å². The summed E-state index contributed by atoms with van der Waals surface area (Å²) >= 11 is 5.23. The van der Waals surface area contributed by atoms with Crippen LogP contribution < -0.4 is 10.6 Å². The van der Waals surface area contributed by atoms with Crippen LogP contribution in [-0.2, 0) is 0 Å². The highest BCUT2D eigenvalue weighted by Gasteiger charge is 2.19. The second kappa shape index (κ2) is 8.86. The number of thiophene rings is 1. The highest BCUT2D eigenvalue weighted by atomic mass is 32.2. The van der Waals surface area contributed by atoms with Crippen molar-refractivity contribution < 1.29 is 9.59 Å². The van der Waals surface area contributed by atoms with Crippen molar-refractivity contribution in [3.05, 3.63) is 82.0 Å². The van der Waals surface area contributed by atoms with Gasteiger partial charge in [-0.1, -0.05) is 30.3 Å². The van der Waals surface area contributed by atoms with Crippen molar-refractivity contribution in [2.45, 2.75) is 4.58 Å². The molecule has 28 heavy (non-hydrogen) atoms. The van der Waals surface area contributed by atoms with Gasteiger partial charge in [0.25, 0.3) is 11.8 Å². The number of carbonyl (C=O) groups excluding carboxylic acids is 2. The number of benzene rings is 2. The second-order valence-electron chi connectivity index (χ2n) is 6.13. The van der Waals surface area contributed by atoms with Crippen LogP contribution in [0.2, 0.25) is 0 Å². The summed E-state index contributed by atoms with van der Waals surface area (Å²) in [5.74, 6) is 1.85. The topological polar surface area (TPSA) is 58.2 Å². The molecule has 0 radical (unpaired) electrons. The maximum Gasteiger partial charge on any atom is 0.265 e. The standard InChI is InChI=1S/C21H18N2O2S3/c24-19(22-15-6-3-5-14(13-15)21-27-11-12-28-21)16-7-1-2-8-17(16)23-20(25)18-9-4-10-26-18/h1-10,13,21H,11-12H2,(H,22,24)(H,23,25). The third kappa shape index (κ3) is 4.43. The summed E-state index contributed by atoms with van der Waals surface area (Å²) in [6.07, 6.45) is 0. The molecule has 2 heterocycles. The van der Waals surface area contributed by atoms with Gasteiger partial charge in [0.1, 0.15) is 0 Å². The molecular formula is C21H18N2O2S3. The van der Waals surface area contributed by atoms with Crippen LogP contribution in [0.1, 0.15) is 30.2 Å². The molecule has 0 spiro atoms. The van der Waals surface area contributed by atoms with Crippen molar-refractivity contribution in [1.29, 1.82) is 0 Å². The van der Waals surface area contributed by atoms with Gasteiger partial charge in [-0.2, -0.15) is 0 Å². The molecule has 1 aliphatic heterocycles. The van der Waals surface area contributed by atoms with Gasteiger partial charge in [0.2, 0.25) is 0 Å². The van der Waals surface area contributed by atoms with E-state index in [1.807, 2.05) is 53.2 Å². The van der Waals surface area contributed by atoms with Gasteiger partial charge in [-0.3, -0.25) is 9.59 Å². The van der Waals surface area contributed by atoms with E-state index in [1.54, 1.807) is 30.3 Å². The van der Waals surface area contributed by atoms with Gasteiger partial charge in [0.15, 0.2) is 0 Å². The first-order chi connectivity index (χ1) is 13.7. The summed E-state index contributed by atoms with van der Waals surface area (Å²) in [6, 6.07) is 18.6. The minimum Gasteiger partial charge on any atom is -0.322 e. The van der Waals surface area contributed by atoms with E-state index in [4.69, 9.17) is 0 Å². The van der Waals surface area contributed by atoms with Crippen molar-refractivity contribution in [2.24, 2.45) is 0 Å². The van der Waals surface area contributed by atoms with Crippen molar-refractivity contribution in [3.63, 3.8) is 0 Å². The zero-order chi connectivity index (χ0) is 19.3. The van der Waals surface area contributed by atoms with E-state index in [9.17, 15) is 9.59 Å². The molecule has 1 aliphatic rings. The first-order valence-corrected chi connectivity index (χ1v) is 11.8. The van der Waals surface area contributed by atoms with Crippen molar-refractivity contribution in [2.75, 3.05) is 22.1 Å². The average molecular weight is 427 g/mol. The van der Waals surface area contributed by atoms with E-state index in [-0.39, 0.29) is 11.8 Å². The van der Waals surface area contributed by atoms with Crippen molar-refractivity contribution in [3.8, 4) is 0 Å². The van der Waals surface area contributed by atoms with Gasteiger partial charge in [0.05, 0.1) is 20.7 Å². The van der Waals surface area contributed by atoms with Gasteiger partial charge in [-0.15, -0.1) is 34.9 Å². The smallest absolute Gasteiger partial charge is 0.265 e. The number of hydrogen-bond donors (Lipinski definition) is 2. The third-order valence-corrected chi connectivity index (χ3v) is 8.18. The number of carbonyl (C=O) groups is 2. The molecule has 0 atom stereocenters. The quantitative estimate of drug-likeness (QED) is 0.547. The summed E-state index contributed by atoms with van der Waals surface area (Å²) in [5.41, 5.74) is 2.90. The molecule has 0 unspecified atom stereocenters. The first kappa shape index (κ1) is 19.1. The Morgan fingerprint density at radius 2 is 1.68 bits per heavy atom. The summed E-state index contributed by atoms with van der Waals surface area (Å²) < 4.78 is 0.425. The Kier molecular flexibility index (Phi) is 6.04. The van der Waals surface area contributed by atoms with Crippen LogP contribution in [0.5, 0.6) is 0 Å². The summed E-state index contributed by atoms with van der Waals surface area (Å²) in [4.78, 5) is 25.8. The molecule has 2 aromatic carbocycles. The van der Waals surface area contributed by atoms with Gasteiger partial charge < -0.3 is 10.6 Å². The number of thioether (sulfide) groups is 2. The Morgan fingerprint density at radius 1 is 0.857 bits per heavy atom. The predicted molar refractivity (Wildman–Crippen MR) is 121 cm³/mol. The minimum atomic E-state index is -0.244. The molecule has 142 valence electrons. The summed E-state index contributed by atoms with van der Waals surface area (Å²) in [7, 11) is 0. The van der Waals surface area contributed by atoms with Crippen LogP contribution in [0.15, 0.2) is 66.0 Å². The number of hydrogen-bond acceptors (Lipinski definition) is 5. The van der Waals surface area contributed by atoms with Gasteiger partial charge >= 0.3 is 0 Å². The van der Waals surface area contributed by atoms with E-state index >= 15 is 0 Å². The minimum absolute atomic E-state index is 0.215. The number of rotatable bonds is 5. The number of nitrogens with one attached hydrogen (secondary N) is 2. The zero-order valence-electron chi connectivity index (χ0n) is 14.9. The molecule has 1 fully saturated rings. The van der Waals surface area contributed by atoms with Gasteiger partial charge in [-0.05, 0) is 41.3 Å². The van der Waals surface area contributed by atoms with Crippen molar-refractivity contribution in [1.82, 2.24) is 0 Å². The molecule has 4 nitrogen and oxygen atoms in total. The summed E-state index contributed by atoms with van der Waals surface area (Å²) in [6.45, 7) is 0. The first-order valence-electron chi connectivity index (χ1n) is 8.79. The lowest BCUT2D eigenvalue weighted by atomic mass is 10.1. The summed E-state index contributed by atoms with van der Waals surface area (Å²) in [5, 5.41) is 7.65. The number of para-hydroxylation sites is 1.